The Labute approximate surface area is 121 Å². The SMILES string of the molecule is O=C(O)c1sc2ccccc2c1CSc1nccs1. The van der Waals surface area contributed by atoms with Crippen LogP contribution in [0.15, 0.2) is 40.2 Å². The lowest BCUT2D eigenvalue weighted by Gasteiger charge is -2.00. The summed E-state index contributed by atoms with van der Waals surface area (Å²) in [5.74, 6) is -0.213. The van der Waals surface area contributed by atoms with Crippen molar-refractivity contribution in [2.24, 2.45) is 0 Å². The summed E-state index contributed by atoms with van der Waals surface area (Å²) in [4.78, 5) is 16.0. The average molecular weight is 307 g/mol. The molecule has 0 bridgehead atoms. The van der Waals surface area contributed by atoms with E-state index in [0.717, 1.165) is 20.0 Å². The zero-order chi connectivity index (χ0) is 13.2. The minimum atomic E-state index is -0.851. The van der Waals surface area contributed by atoms with Gasteiger partial charge in [0, 0.05) is 22.0 Å². The zero-order valence-corrected chi connectivity index (χ0v) is 12.1. The monoisotopic (exact) mass is 307 g/mol. The summed E-state index contributed by atoms with van der Waals surface area (Å²) >= 11 is 4.49. The maximum atomic E-state index is 11.3. The molecule has 2 heterocycles. The summed E-state index contributed by atoms with van der Waals surface area (Å²) in [6.45, 7) is 0. The van der Waals surface area contributed by atoms with Crippen LogP contribution < -0.4 is 0 Å². The van der Waals surface area contributed by atoms with Crippen LogP contribution in [0.1, 0.15) is 15.2 Å². The lowest BCUT2D eigenvalue weighted by molar-refractivity contribution is 0.0701. The van der Waals surface area contributed by atoms with E-state index >= 15 is 0 Å². The van der Waals surface area contributed by atoms with Crippen LogP contribution in [0.4, 0.5) is 0 Å². The van der Waals surface area contributed by atoms with Gasteiger partial charge in [0.1, 0.15) is 9.22 Å². The molecule has 0 aliphatic rings. The normalized spacial score (nSPS) is 10.9. The number of carboxylic acids is 1. The van der Waals surface area contributed by atoms with E-state index in [0.29, 0.717) is 10.6 Å². The number of thiazole rings is 1. The van der Waals surface area contributed by atoms with E-state index in [9.17, 15) is 9.90 Å². The van der Waals surface area contributed by atoms with Crippen molar-refractivity contribution in [3.63, 3.8) is 0 Å². The van der Waals surface area contributed by atoms with Crippen LogP contribution in [-0.4, -0.2) is 16.1 Å². The van der Waals surface area contributed by atoms with Gasteiger partial charge in [0.05, 0.1) is 0 Å². The second kappa shape index (κ2) is 5.32. The first kappa shape index (κ1) is 12.7. The van der Waals surface area contributed by atoms with Crippen LogP contribution in [0.3, 0.4) is 0 Å². The standard InChI is InChI=1S/C13H9NO2S3/c15-12(16)11-9(7-18-13-14-5-6-17-13)8-3-1-2-4-10(8)19-11/h1-6H,7H2,(H,15,16). The number of aromatic nitrogens is 1. The van der Waals surface area contributed by atoms with Crippen LogP contribution in [0, 0.1) is 0 Å². The molecule has 6 heteroatoms. The minimum absolute atomic E-state index is 0.435. The Hall–Kier alpha value is -1.37. The smallest absolute Gasteiger partial charge is 0.346 e. The Morgan fingerprint density at radius 1 is 1.37 bits per heavy atom. The Morgan fingerprint density at radius 3 is 2.95 bits per heavy atom. The summed E-state index contributed by atoms with van der Waals surface area (Å²) in [5, 5.41) is 12.3. The van der Waals surface area contributed by atoms with Gasteiger partial charge >= 0.3 is 5.97 Å². The third-order valence-electron chi connectivity index (χ3n) is 2.64. The van der Waals surface area contributed by atoms with Crippen molar-refractivity contribution in [2.75, 3.05) is 0 Å². The van der Waals surface area contributed by atoms with Gasteiger partial charge in [-0.3, -0.25) is 0 Å². The second-order valence-corrected chi connectivity index (χ2v) is 6.97. The number of thioether (sulfide) groups is 1. The van der Waals surface area contributed by atoms with Gasteiger partial charge in [-0.15, -0.1) is 22.7 Å². The number of aromatic carboxylic acids is 1. The molecule has 3 rings (SSSR count). The largest absolute Gasteiger partial charge is 0.477 e. The molecular formula is C13H9NO2S3. The molecule has 0 aliphatic carbocycles. The van der Waals surface area contributed by atoms with Crippen LogP contribution in [0.25, 0.3) is 10.1 Å². The van der Waals surface area contributed by atoms with Crippen molar-refractivity contribution in [3.05, 3.63) is 46.3 Å². The quantitative estimate of drug-likeness (QED) is 0.728. The van der Waals surface area contributed by atoms with E-state index in [1.54, 1.807) is 29.3 Å². The Morgan fingerprint density at radius 2 is 2.21 bits per heavy atom. The number of rotatable bonds is 4. The number of carboxylic acid groups (broad SMARTS) is 1. The summed E-state index contributed by atoms with van der Waals surface area (Å²) in [6, 6.07) is 7.82. The molecule has 96 valence electrons. The summed E-state index contributed by atoms with van der Waals surface area (Å²) < 4.78 is 1.99. The van der Waals surface area contributed by atoms with E-state index < -0.39 is 5.97 Å². The molecule has 0 saturated heterocycles. The van der Waals surface area contributed by atoms with Crippen molar-refractivity contribution in [2.45, 2.75) is 10.1 Å². The number of hydrogen-bond donors (Lipinski definition) is 1. The summed E-state index contributed by atoms with van der Waals surface area (Å²) in [6.07, 6.45) is 1.76. The highest BCUT2D eigenvalue weighted by atomic mass is 32.2. The van der Waals surface area contributed by atoms with Crippen molar-refractivity contribution in [1.82, 2.24) is 4.98 Å². The van der Waals surface area contributed by atoms with E-state index in [2.05, 4.69) is 4.98 Å². The van der Waals surface area contributed by atoms with Crippen molar-refractivity contribution in [1.29, 1.82) is 0 Å². The number of benzene rings is 1. The molecule has 0 unspecified atom stereocenters. The van der Waals surface area contributed by atoms with Crippen molar-refractivity contribution >= 4 is 50.5 Å². The molecule has 0 aliphatic heterocycles. The third kappa shape index (κ3) is 2.51. The van der Waals surface area contributed by atoms with Gasteiger partial charge in [-0.25, -0.2) is 9.78 Å². The highest BCUT2D eigenvalue weighted by Gasteiger charge is 2.17. The minimum Gasteiger partial charge on any atom is -0.477 e. The van der Waals surface area contributed by atoms with Gasteiger partial charge < -0.3 is 5.11 Å². The fourth-order valence-electron chi connectivity index (χ4n) is 1.83. The van der Waals surface area contributed by atoms with Crippen LogP contribution in [-0.2, 0) is 5.75 Å². The predicted molar refractivity (Wildman–Crippen MR) is 80.5 cm³/mol. The topological polar surface area (TPSA) is 50.2 Å². The highest BCUT2D eigenvalue weighted by Crippen LogP contribution is 2.35. The second-order valence-electron chi connectivity index (χ2n) is 3.80. The molecule has 0 amide bonds. The molecule has 3 aromatic rings. The van der Waals surface area contributed by atoms with Crippen LogP contribution in [0.2, 0.25) is 0 Å². The molecule has 1 aromatic carbocycles. The van der Waals surface area contributed by atoms with E-state index in [-0.39, 0.29) is 0 Å². The fourth-order valence-corrected chi connectivity index (χ4v) is 4.66. The molecule has 0 radical (unpaired) electrons. The average Bonchev–Trinajstić information content (AvgIpc) is 3.03. The first-order chi connectivity index (χ1) is 9.25. The fraction of sp³-hybridized carbons (Fsp3) is 0.0769. The predicted octanol–water partition coefficient (Wildman–Crippen LogP) is 4.35. The summed E-state index contributed by atoms with van der Waals surface area (Å²) in [5.41, 5.74) is 0.897. The maximum absolute atomic E-state index is 11.3. The van der Waals surface area contributed by atoms with E-state index in [1.165, 1.54) is 11.3 Å². The van der Waals surface area contributed by atoms with Crippen LogP contribution in [0.5, 0.6) is 0 Å². The van der Waals surface area contributed by atoms with Crippen molar-refractivity contribution < 1.29 is 9.90 Å². The highest BCUT2D eigenvalue weighted by molar-refractivity contribution is 8.00. The number of thiophene rings is 1. The first-order valence-electron chi connectivity index (χ1n) is 5.51. The maximum Gasteiger partial charge on any atom is 0.346 e. The number of carbonyl (C=O) groups is 1. The zero-order valence-electron chi connectivity index (χ0n) is 9.70. The van der Waals surface area contributed by atoms with Crippen molar-refractivity contribution in [3.8, 4) is 0 Å². The van der Waals surface area contributed by atoms with Gasteiger partial charge in [0.2, 0.25) is 0 Å². The van der Waals surface area contributed by atoms with E-state index in [4.69, 9.17) is 0 Å². The molecule has 0 saturated carbocycles. The van der Waals surface area contributed by atoms with Gasteiger partial charge in [-0.05, 0) is 17.0 Å². The van der Waals surface area contributed by atoms with Gasteiger partial charge in [0.15, 0.2) is 0 Å². The molecule has 2 aromatic heterocycles. The van der Waals surface area contributed by atoms with Gasteiger partial charge in [0.25, 0.3) is 0 Å². The molecule has 0 fully saturated rings. The number of hydrogen-bond acceptors (Lipinski definition) is 5. The third-order valence-corrected chi connectivity index (χ3v) is 5.84. The lowest BCUT2D eigenvalue weighted by Crippen LogP contribution is -1.96. The molecule has 0 atom stereocenters. The first-order valence-corrected chi connectivity index (χ1v) is 8.20. The number of nitrogens with zero attached hydrogens (tertiary/aromatic N) is 1. The Bertz CT molecular complexity index is 719. The Kier molecular flexibility index (Phi) is 3.54. The van der Waals surface area contributed by atoms with Gasteiger partial charge in [-0.2, -0.15) is 0 Å². The Balaban J connectivity index is 2.00. The molecule has 19 heavy (non-hydrogen) atoms. The summed E-state index contributed by atoms with van der Waals surface area (Å²) in [7, 11) is 0. The van der Waals surface area contributed by atoms with E-state index in [1.807, 2.05) is 29.6 Å². The number of fused-ring (bicyclic) bond motifs is 1. The lowest BCUT2D eigenvalue weighted by atomic mass is 10.1. The molecule has 1 N–H and O–H groups in total. The van der Waals surface area contributed by atoms with Crippen LogP contribution >= 0.6 is 34.4 Å². The molecular weight excluding hydrogens is 298 g/mol. The molecule has 3 nitrogen and oxygen atoms in total. The van der Waals surface area contributed by atoms with Gasteiger partial charge in [-0.1, -0.05) is 30.0 Å². The molecule has 0 spiro atoms.